The molecule has 6 heteroatoms. The number of carbonyl (C=O) groups is 1. The van der Waals surface area contributed by atoms with E-state index in [0.717, 1.165) is 28.4 Å². The Bertz CT molecular complexity index is 743. The Morgan fingerprint density at radius 2 is 1.87 bits per heavy atom. The largest absolute Gasteiger partial charge is 0.478 e. The molecule has 0 spiro atoms. The van der Waals surface area contributed by atoms with Crippen molar-refractivity contribution < 1.29 is 9.90 Å². The van der Waals surface area contributed by atoms with E-state index >= 15 is 0 Å². The summed E-state index contributed by atoms with van der Waals surface area (Å²) in [6, 6.07) is 6.77. The fourth-order valence-corrected chi connectivity index (χ4v) is 2.58. The molecule has 0 fully saturated rings. The van der Waals surface area contributed by atoms with E-state index in [1.165, 1.54) is 0 Å². The van der Waals surface area contributed by atoms with E-state index in [9.17, 15) is 4.79 Å². The van der Waals surface area contributed by atoms with Gasteiger partial charge in [0.2, 0.25) is 0 Å². The highest BCUT2D eigenvalue weighted by molar-refractivity contribution is 6.01. The summed E-state index contributed by atoms with van der Waals surface area (Å²) in [5.41, 5.74) is 7.86. The lowest BCUT2D eigenvalue weighted by Crippen LogP contribution is -2.07. The van der Waals surface area contributed by atoms with Crippen molar-refractivity contribution in [3.63, 3.8) is 0 Å². The third-order valence-electron chi connectivity index (χ3n) is 3.66. The lowest BCUT2D eigenvalue weighted by atomic mass is 10.1. The van der Waals surface area contributed by atoms with Crippen molar-refractivity contribution in [3.05, 3.63) is 46.8 Å². The zero-order valence-electron chi connectivity index (χ0n) is 14.1. The van der Waals surface area contributed by atoms with Crippen molar-refractivity contribution in [2.24, 2.45) is 5.10 Å². The predicted molar refractivity (Wildman–Crippen MR) is 91.3 cm³/mol. The maximum Gasteiger partial charge on any atom is 0.335 e. The third kappa shape index (κ3) is 3.59. The van der Waals surface area contributed by atoms with Crippen LogP contribution in [0.15, 0.2) is 29.4 Å². The summed E-state index contributed by atoms with van der Waals surface area (Å²) in [6.07, 6.45) is 0. The van der Waals surface area contributed by atoms with Gasteiger partial charge in [0.15, 0.2) is 0 Å². The van der Waals surface area contributed by atoms with Gasteiger partial charge in [-0.1, -0.05) is 0 Å². The molecule has 0 saturated carbocycles. The van der Waals surface area contributed by atoms with Crippen molar-refractivity contribution in [2.75, 3.05) is 5.43 Å². The fourth-order valence-electron chi connectivity index (χ4n) is 2.58. The summed E-state index contributed by atoms with van der Waals surface area (Å²) >= 11 is 0. The van der Waals surface area contributed by atoms with E-state index < -0.39 is 5.97 Å². The van der Waals surface area contributed by atoms with E-state index in [1.54, 1.807) is 24.3 Å². The number of rotatable bonds is 5. The van der Waals surface area contributed by atoms with Gasteiger partial charge in [-0.2, -0.15) is 10.2 Å². The van der Waals surface area contributed by atoms with Gasteiger partial charge in [-0.05, 0) is 58.9 Å². The lowest BCUT2D eigenvalue weighted by molar-refractivity contribution is 0.0697. The van der Waals surface area contributed by atoms with E-state index in [1.807, 2.05) is 25.5 Å². The fraction of sp³-hybridized carbons (Fsp3) is 0.353. The molecule has 0 unspecified atom stereocenters. The minimum Gasteiger partial charge on any atom is -0.478 e. The van der Waals surface area contributed by atoms with Crippen molar-refractivity contribution >= 4 is 17.4 Å². The number of anilines is 1. The molecule has 2 N–H and O–H groups in total. The average Bonchev–Trinajstić information content (AvgIpc) is 2.80. The molecule has 1 aromatic carbocycles. The normalized spacial score (nSPS) is 11.8. The first-order chi connectivity index (χ1) is 10.8. The average molecular weight is 314 g/mol. The number of aromatic carboxylic acids is 1. The van der Waals surface area contributed by atoms with Crippen molar-refractivity contribution in [2.45, 2.75) is 40.7 Å². The molecule has 0 bridgehead atoms. The molecule has 0 aliphatic carbocycles. The van der Waals surface area contributed by atoms with Crippen LogP contribution in [-0.4, -0.2) is 26.6 Å². The Morgan fingerprint density at radius 1 is 1.26 bits per heavy atom. The Morgan fingerprint density at radius 3 is 2.35 bits per heavy atom. The van der Waals surface area contributed by atoms with Crippen LogP contribution in [-0.2, 0) is 0 Å². The van der Waals surface area contributed by atoms with Crippen molar-refractivity contribution in [1.29, 1.82) is 0 Å². The van der Waals surface area contributed by atoms with Crippen LogP contribution in [0.4, 0.5) is 5.69 Å². The molecule has 0 atom stereocenters. The third-order valence-corrected chi connectivity index (χ3v) is 3.66. The van der Waals surface area contributed by atoms with Gasteiger partial charge in [0, 0.05) is 17.3 Å². The Kier molecular flexibility index (Phi) is 4.83. The molecule has 0 aliphatic heterocycles. The lowest BCUT2D eigenvalue weighted by Gasteiger charge is -2.09. The van der Waals surface area contributed by atoms with Gasteiger partial charge in [0.25, 0.3) is 0 Å². The molecule has 122 valence electrons. The first kappa shape index (κ1) is 16.7. The molecular formula is C17H22N4O2. The number of nitrogens with zero attached hydrogens (tertiary/aromatic N) is 3. The van der Waals surface area contributed by atoms with Gasteiger partial charge in [0.05, 0.1) is 22.7 Å². The monoisotopic (exact) mass is 314 g/mol. The highest BCUT2D eigenvalue weighted by Crippen LogP contribution is 2.18. The molecule has 6 nitrogen and oxygen atoms in total. The molecule has 0 radical (unpaired) electrons. The topological polar surface area (TPSA) is 79.5 Å². The Labute approximate surface area is 135 Å². The number of carboxylic acids is 1. The van der Waals surface area contributed by atoms with Crippen molar-refractivity contribution in [3.8, 4) is 0 Å². The number of carboxylic acid groups (broad SMARTS) is 1. The molecule has 23 heavy (non-hydrogen) atoms. The van der Waals surface area contributed by atoms with Gasteiger partial charge in [-0.25, -0.2) is 4.79 Å². The zero-order chi connectivity index (χ0) is 17.1. The quantitative estimate of drug-likeness (QED) is 0.652. The van der Waals surface area contributed by atoms with Crippen LogP contribution < -0.4 is 5.43 Å². The van der Waals surface area contributed by atoms with E-state index in [-0.39, 0.29) is 5.56 Å². The van der Waals surface area contributed by atoms with Crippen LogP contribution in [0.5, 0.6) is 0 Å². The number of hydrazone groups is 1. The number of aromatic nitrogens is 2. The van der Waals surface area contributed by atoms with Gasteiger partial charge < -0.3 is 5.11 Å². The van der Waals surface area contributed by atoms with Crippen LogP contribution in [0.3, 0.4) is 0 Å². The van der Waals surface area contributed by atoms with E-state index in [2.05, 4.69) is 29.5 Å². The second-order valence-electron chi connectivity index (χ2n) is 5.78. The number of benzene rings is 1. The minimum atomic E-state index is -0.941. The minimum absolute atomic E-state index is 0.251. The summed E-state index contributed by atoms with van der Waals surface area (Å²) in [7, 11) is 0. The highest BCUT2D eigenvalue weighted by atomic mass is 16.4. The molecule has 0 amide bonds. The molecule has 2 rings (SSSR count). The van der Waals surface area contributed by atoms with E-state index in [0.29, 0.717) is 6.04 Å². The number of aryl methyl sites for hydroxylation is 1. The summed E-state index contributed by atoms with van der Waals surface area (Å²) in [6.45, 7) is 10.1. The molecule has 1 aromatic heterocycles. The first-order valence-electron chi connectivity index (χ1n) is 7.51. The van der Waals surface area contributed by atoms with E-state index in [4.69, 9.17) is 5.11 Å². The summed E-state index contributed by atoms with van der Waals surface area (Å²) in [4.78, 5) is 10.8. The molecule has 0 saturated heterocycles. The summed E-state index contributed by atoms with van der Waals surface area (Å²) in [5, 5.41) is 17.9. The van der Waals surface area contributed by atoms with Crippen LogP contribution in [0, 0.1) is 13.8 Å². The summed E-state index contributed by atoms with van der Waals surface area (Å²) in [5.74, 6) is -0.941. The number of nitrogens with one attached hydrogen (secondary N) is 1. The highest BCUT2D eigenvalue weighted by Gasteiger charge is 2.15. The van der Waals surface area contributed by atoms with Gasteiger partial charge in [-0.15, -0.1) is 0 Å². The second kappa shape index (κ2) is 6.64. The molecule has 1 heterocycles. The van der Waals surface area contributed by atoms with Crippen LogP contribution in [0.2, 0.25) is 0 Å². The molecule has 0 aliphatic rings. The van der Waals surface area contributed by atoms with Gasteiger partial charge in [0.1, 0.15) is 0 Å². The van der Waals surface area contributed by atoms with Gasteiger partial charge in [-0.3, -0.25) is 10.1 Å². The standard InChI is InChI=1S/C17H22N4O2/c1-10(2)21-13(5)16(12(4)20-21)11(3)18-19-15-8-6-14(7-9-15)17(22)23/h6-10,19H,1-5H3,(H,22,23)/b18-11+. The zero-order valence-corrected chi connectivity index (χ0v) is 14.1. The maximum atomic E-state index is 10.8. The maximum absolute atomic E-state index is 10.8. The number of hydrogen-bond acceptors (Lipinski definition) is 4. The smallest absolute Gasteiger partial charge is 0.335 e. The second-order valence-corrected chi connectivity index (χ2v) is 5.78. The molecular weight excluding hydrogens is 292 g/mol. The first-order valence-corrected chi connectivity index (χ1v) is 7.51. The van der Waals surface area contributed by atoms with Gasteiger partial charge >= 0.3 is 5.97 Å². The van der Waals surface area contributed by atoms with Crippen LogP contribution in [0.25, 0.3) is 0 Å². The predicted octanol–water partition coefficient (Wildman–Crippen LogP) is 3.62. The van der Waals surface area contributed by atoms with Crippen molar-refractivity contribution in [1.82, 2.24) is 9.78 Å². The Balaban J connectivity index is 2.22. The van der Waals surface area contributed by atoms with Crippen LogP contribution in [0.1, 0.15) is 54.1 Å². The Hall–Kier alpha value is -2.63. The SMILES string of the molecule is C/C(=N\Nc1ccc(C(=O)O)cc1)c1c(C)nn(C(C)C)c1C. The summed E-state index contributed by atoms with van der Waals surface area (Å²) < 4.78 is 1.99. The number of hydrogen-bond donors (Lipinski definition) is 2. The molecule has 2 aromatic rings. The van der Waals surface area contributed by atoms with Crippen LogP contribution >= 0.6 is 0 Å².